The second-order valence-electron chi connectivity index (χ2n) is 13.3. The second kappa shape index (κ2) is 19.4. The summed E-state index contributed by atoms with van der Waals surface area (Å²) in [5.41, 5.74) is 12.6. The van der Waals surface area contributed by atoms with Crippen LogP contribution in [0.4, 0.5) is 5.69 Å². The van der Waals surface area contributed by atoms with Gasteiger partial charge in [0, 0.05) is 61.1 Å². The number of rotatable bonds is 18. The summed E-state index contributed by atoms with van der Waals surface area (Å²) in [6.07, 6.45) is 7.48. The number of imide groups is 1. The summed E-state index contributed by atoms with van der Waals surface area (Å²) in [7, 11) is 0. The first-order valence-corrected chi connectivity index (χ1v) is 18.5. The van der Waals surface area contributed by atoms with Crippen molar-refractivity contribution >= 4 is 51.9 Å². The summed E-state index contributed by atoms with van der Waals surface area (Å²) in [4.78, 5) is 59.2. The summed E-state index contributed by atoms with van der Waals surface area (Å²) in [6.45, 7) is 15.6. The van der Waals surface area contributed by atoms with Gasteiger partial charge in [0.1, 0.15) is 18.0 Å². The van der Waals surface area contributed by atoms with Gasteiger partial charge in [-0.15, -0.1) is 5.06 Å². The van der Waals surface area contributed by atoms with Crippen molar-refractivity contribution in [2.45, 2.75) is 79.6 Å². The highest BCUT2D eigenvalue weighted by Gasteiger charge is 2.32. The number of nitrogens with one attached hydrogen (secondary N) is 3. The number of amides is 2. The number of carbonyl (C=O) groups is 4. The Morgan fingerprint density at radius 3 is 2.46 bits per heavy atom. The normalized spacial score (nSPS) is 14.5. The van der Waals surface area contributed by atoms with E-state index in [4.69, 9.17) is 30.1 Å². The molecule has 1 atom stereocenters. The number of fused-ring (bicyclic) bond motifs is 2. The van der Waals surface area contributed by atoms with Crippen LogP contribution in [0.1, 0.15) is 82.4 Å². The lowest BCUT2D eigenvalue weighted by atomic mass is 9.83. The molecular weight excluding hydrogens is 688 g/mol. The van der Waals surface area contributed by atoms with Crippen LogP contribution in [-0.2, 0) is 28.8 Å². The molecule has 1 saturated heterocycles. The van der Waals surface area contributed by atoms with E-state index < -0.39 is 23.8 Å². The van der Waals surface area contributed by atoms with Gasteiger partial charge in [-0.2, -0.15) is 0 Å². The van der Waals surface area contributed by atoms with Gasteiger partial charge in [0.15, 0.2) is 5.96 Å². The van der Waals surface area contributed by atoms with E-state index >= 15 is 0 Å². The number of anilines is 1. The smallest absolute Gasteiger partial charge is 0.333 e. The number of aryl methyl sites for hydroxylation is 2. The van der Waals surface area contributed by atoms with Crippen molar-refractivity contribution < 1.29 is 33.2 Å². The first-order chi connectivity index (χ1) is 25.9. The van der Waals surface area contributed by atoms with E-state index in [1.807, 2.05) is 52.8 Å². The molecule has 0 bridgehead atoms. The van der Waals surface area contributed by atoms with E-state index in [1.54, 1.807) is 6.08 Å². The number of benzene rings is 2. The molecule has 0 radical (unpaired) electrons. The van der Waals surface area contributed by atoms with Crippen molar-refractivity contribution in [3.05, 3.63) is 76.7 Å². The average molecular weight is 741 g/mol. The maximum Gasteiger partial charge on any atom is 0.333 e. The average Bonchev–Trinajstić information content (AvgIpc) is 3.43. The fourth-order valence-electron chi connectivity index (χ4n) is 6.41. The van der Waals surface area contributed by atoms with Crippen molar-refractivity contribution in [3.63, 3.8) is 0 Å². The summed E-state index contributed by atoms with van der Waals surface area (Å²) in [5, 5.41) is 15.7. The zero-order valence-corrected chi connectivity index (χ0v) is 31.9. The van der Waals surface area contributed by atoms with Crippen LogP contribution in [0, 0.1) is 25.2 Å². The molecule has 0 spiro atoms. The fraction of sp³-hybridized carbons (Fsp3) is 0.415. The Morgan fingerprint density at radius 1 is 1.07 bits per heavy atom. The lowest BCUT2D eigenvalue weighted by Crippen LogP contribution is -2.33. The van der Waals surface area contributed by atoms with Crippen LogP contribution in [0.5, 0.6) is 0 Å². The molecular formula is C41H52N6O7. The Kier molecular flexibility index (Phi) is 14.7. The maximum absolute atomic E-state index is 13.2. The number of hydrogen-bond acceptors (Lipinski definition) is 10. The van der Waals surface area contributed by atoms with Gasteiger partial charge in [0.2, 0.25) is 0 Å². The Hall–Kier alpha value is -5.72. The van der Waals surface area contributed by atoms with Gasteiger partial charge in [0.25, 0.3) is 11.8 Å². The first-order valence-electron chi connectivity index (χ1n) is 18.5. The van der Waals surface area contributed by atoms with E-state index in [0.29, 0.717) is 42.2 Å². The van der Waals surface area contributed by atoms with Crippen LogP contribution < -0.4 is 21.7 Å². The molecule has 1 aliphatic carbocycles. The minimum Gasteiger partial charge on any atom is -0.464 e. The second-order valence-corrected chi connectivity index (χ2v) is 13.3. The van der Waals surface area contributed by atoms with Crippen LogP contribution >= 0.6 is 0 Å². The third-order valence-corrected chi connectivity index (χ3v) is 9.02. The zero-order valence-electron chi connectivity index (χ0n) is 31.9. The summed E-state index contributed by atoms with van der Waals surface area (Å²) >= 11 is 0. The van der Waals surface area contributed by atoms with Crippen LogP contribution in [0.2, 0.25) is 0 Å². The Balaban J connectivity index is 1.78. The van der Waals surface area contributed by atoms with Gasteiger partial charge in [-0.1, -0.05) is 31.7 Å². The number of ether oxygens (including phenoxy) is 1. The van der Waals surface area contributed by atoms with Crippen molar-refractivity contribution in [1.82, 2.24) is 10.4 Å². The molecule has 0 aromatic heterocycles. The minimum absolute atomic E-state index is 0.0308. The molecule has 1 aromatic carbocycles. The molecule has 2 heterocycles. The topological polar surface area (TPSA) is 189 Å². The van der Waals surface area contributed by atoms with Crippen LogP contribution in [0.25, 0.3) is 27.9 Å². The third-order valence-electron chi connectivity index (χ3n) is 9.02. The Morgan fingerprint density at radius 2 is 1.80 bits per heavy atom. The summed E-state index contributed by atoms with van der Waals surface area (Å²) in [5.74, 6) is -1.95. The Bertz CT molecular complexity index is 1990. The van der Waals surface area contributed by atoms with Gasteiger partial charge < -0.3 is 30.4 Å². The SMILES string of the molecule is C=C/C=C(\C=C(\c1c2cc(C)/c(=N/CC)cc-2oc2cc(NCC)c(C)cc12)C(C)CC(=O)OCCNC(=N)N)CCCCC(=O)ON1C(=O)CCC1=O. The highest BCUT2D eigenvalue weighted by Crippen LogP contribution is 2.43. The molecule has 0 saturated carbocycles. The molecule has 288 valence electrons. The molecule has 54 heavy (non-hydrogen) atoms. The molecule has 1 aromatic rings. The Labute approximate surface area is 316 Å². The third kappa shape index (κ3) is 10.7. The number of hydrogen-bond donors (Lipinski definition) is 4. The van der Waals surface area contributed by atoms with E-state index in [0.717, 1.165) is 56.4 Å². The molecule has 1 unspecified atom stereocenters. The molecule has 2 amide bonds. The number of nitrogens with two attached hydrogens (primary N) is 1. The van der Waals surface area contributed by atoms with Crippen molar-refractivity contribution in [1.29, 1.82) is 5.41 Å². The maximum atomic E-state index is 13.2. The minimum atomic E-state index is -0.641. The number of nitrogens with zero attached hydrogens (tertiary/aromatic N) is 2. The van der Waals surface area contributed by atoms with Crippen molar-refractivity contribution in [2.24, 2.45) is 16.6 Å². The predicted molar refractivity (Wildman–Crippen MR) is 209 cm³/mol. The molecule has 13 heteroatoms. The van der Waals surface area contributed by atoms with Crippen LogP contribution in [0.3, 0.4) is 0 Å². The van der Waals surface area contributed by atoms with Gasteiger partial charge in [-0.05, 0) is 92.8 Å². The number of allylic oxidation sites excluding steroid dienone is 5. The van der Waals surface area contributed by atoms with Crippen LogP contribution in [-0.4, -0.2) is 61.0 Å². The van der Waals surface area contributed by atoms with Gasteiger partial charge in [-0.25, -0.2) is 4.79 Å². The monoisotopic (exact) mass is 740 g/mol. The van der Waals surface area contributed by atoms with Gasteiger partial charge in [0.05, 0.1) is 18.3 Å². The lowest BCUT2D eigenvalue weighted by molar-refractivity contribution is -0.197. The van der Waals surface area contributed by atoms with Gasteiger partial charge in [-0.3, -0.25) is 24.8 Å². The van der Waals surface area contributed by atoms with Crippen LogP contribution in [0.15, 0.2) is 64.1 Å². The van der Waals surface area contributed by atoms with E-state index in [9.17, 15) is 19.2 Å². The number of unbranched alkanes of at least 4 members (excludes halogenated alkanes) is 1. The zero-order chi connectivity index (χ0) is 39.4. The molecule has 4 rings (SSSR count). The molecule has 5 N–H and O–H groups in total. The number of guanidine groups is 1. The summed E-state index contributed by atoms with van der Waals surface area (Å²) < 4.78 is 12.1. The molecule has 13 nitrogen and oxygen atoms in total. The van der Waals surface area contributed by atoms with Crippen molar-refractivity contribution in [3.8, 4) is 11.3 Å². The number of hydroxylamine groups is 2. The largest absolute Gasteiger partial charge is 0.464 e. The highest BCUT2D eigenvalue weighted by molar-refractivity contribution is 6.02. The van der Waals surface area contributed by atoms with E-state index in [-0.39, 0.29) is 50.7 Å². The van der Waals surface area contributed by atoms with E-state index in [1.165, 1.54) is 0 Å². The quantitative estimate of drug-likeness (QED) is 0.0222. The summed E-state index contributed by atoms with van der Waals surface area (Å²) in [6, 6.07) is 8.16. The van der Waals surface area contributed by atoms with E-state index in [2.05, 4.69) is 35.4 Å². The standard InChI is InChI=1S/C41H52N6O7/c1-7-12-28(13-10-11-14-38(50)54-47-36(48)15-16-37(47)49)22-29(25(4)21-39(51)52-18-17-46-41(42)43)40-30-19-26(5)32(44-8-2)23-34(30)53-35-24-33(45-9-3)27(6)20-31(35)40/h7,12,19-20,22-25,44H,1,8-11,13-18,21H2,2-6H3,(H4,42,43,46)/b28-12-,29-22+,45-33+. The number of carbonyl (C=O) groups excluding carboxylic acids is 4. The molecule has 3 aliphatic rings. The number of esters is 1. The van der Waals surface area contributed by atoms with Gasteiger partial charge >= 0.3 is 11.9 Å². The first kappa shape index (κ1) is 41.0. The predicted octanol–water partition coefficient (Wildman–Crippen LogP) is 6.22. The fourth-order valence-corrected chi connectivity index (χ4v) is 6.41. The molecule has 1 fully saturated rings. The lowest BCUT2D eigenvalue weighted by Gasteiger charge is -2.24. The molecule has 2 aliphatic heterocycles. The highest BCUT2D eigenvalue weighted by atomic mass is 16.7. The van der Waals surface area contributed by atoms with Crippen molar-refractivity contribution in [2.75, 3.05) is 31.6 Å².